The van der Waals surface area contributed by atoms with Crippen molar-refractivity contribution in [3.05, 3.63) is 59.7 Å². The number of hydrogen-bond acceptors (Lipinski definition) is 4. The maximum Gasteiger partial charge on any atom is 0.264 e. The molecule has 0 bridgehead atoms. The van der Waals surface area contributed by atoms with Crippen LogP contribution in [-0.4, -0.2) is 33.0 Å². The van der Waals surface area contributed by atoms with Crippen LogP contribution in [0.4, 0.5) is 14.5 Å². The number of amides is 1. The van der Waals surface area contributed by atoms with Gasteiger partial charge in [0.2, 0.25) is 0 Å². The molecule has 2 aromatic carbocycles. The zero-order valence-electron chi connectivity index (χ0n) is 12.8. The number of halogens is 2. The first kappa shape index (κ1) is 18.0. The van der Waals surface area contributed by atoms with E-state index in [1.165, 1.54) is 44.5 Å². The Morgan fingerprint density at radius 1 is 1.08 bits per heavy atom. The fourth-order valence-electron chi connectivity index (χ4n) is 1.80. The van der Waals surface area contributed by atoms with Crippen LogP contribution in [0.1, 0.15) is 10.4 Å². The molecule has 0 saturated heterocycles. The summed E-state index contributed by atoms with van der Waals surface area (Å²) in [5.74, 6) is -2.70. The first-order chi connectivity index (χ1) is 11.3. The summed E-state index contributed by atoms with van der Waals surface area (Å²) < 4.78 is 50.7. The summed E-state index contributed by atoms with van der Waals surface area (Å²) in [5, 5.41) is 2.39. The first-order valence-electron chi connectivity index (χ1n) is 6.65. The maximum atomic E-state index is 13.1. The molecule has 2 rings (SSSR count). The number of rotatable bonds is 5. The van der Waals surface area contributed by atoms with E-state index in [2.05, 4.69) is 10.2 Å². The molecule has 0 atom stereocenters. The molecule has 0 aliphatic carbocycles. The Morgan fingerprint density at radius 2 is 1.71 bits per heavy atom. The van der Waals surface area contributed by atoms with Gasteiger partial charge in [-0.3, -0.25) is 9.63 Å². The van der Waals surface area contributed by atoms with Crippen molar-refractivity contribution >= 4 is 21.6 Å². The van der Waals surface area contributed by atoms with Gasteiger partial charge in [0.05, 0.1) is 12.0 Å². The van der Waals surface area contributed by atoms with Crippen LogP contribution in [0.25, 0.3) is 0 Å². The molecule has 6 nitrogen and oxygen atoms in total. The van der Waals surface area contributed by atoms with Crippen LogP contribution < -0.4 is 5.32 Å². The topological polar surface area (TPSA) is 75.7 Å². The Kier molecular flexibility index (Phi) is 5.27. The monoisotopic (exact) mass is 356 g/mol. The van der Waals surface area contributed by atoms with Gasteiger partial charge in [-0.15, -0.1) is 0 Å². The molecule has 0 aliphatic rings. The minimum absolute atomic E-state index is 0.0590. The van der Waals surface area contributed by atoms with Crippen molar-refractivity contribution < 1.29 is 26.8 Å². The third kappa shape index (κ3) is 3.75. The average molecular weight is 356 g/mol. The van der Waals surface area contributed by atoms with Gasteiger partial charge in [-0.25, -0.2) is 17.2 Å². The molecule has 0 spiro atoms. The van der Waals surface area contributed by atoms with Crippen molar-refractivity contribution in [2.75, 3.05) is 19.5 Å². The lowest BCUT2D eigenvalue weighted by Crippen LogP contribution is -2.25. The van der Waals surface area contributed by atoms with Gasteiger partial charge in [-0.05, 0) is 36.4 Å². The highest BCUT2D eigenvalue weighted by Crippen LogP contribution is 2.17. The third-order valence-electron chi connectivity index (χ3n) is 3.19. The van der Waals surface area contributed by atoms with Crippen LogP contribution in [0.3, 0.4) is 0 Å². The zero-order chi connectivity index (χ0) is 17.9. The number of hydroxylamine groups is 1. The average Bonchev–Trinajstić information content (AvgIpc) is 2.57. The predicted octanol–water partition coefficient (Wildman–Crippen LogP) is 2.40. The molecule has 0 unspecified atom stereocenters. The van der Waals surface area contributed by atoms with Crippen molar-refractivity contribution in [1.29, 1.82) is 0 Å². The van der Waals surface area contributed by atoms with E-state index in [1.54, 1.807) is 0 Å². The zero-order valence-corrected chi connectivity index (χ0v) is 13.6. The molecule has 0 aromatic heterocycles. The highest BCUT2D eigenvalue weighted by molar-refractivity contribution is 7.89. The molecule has 0 aliphatic heterocycles. The van der Waals surface area contributed by atoms with Gasteiger partial charge >= 0.3 is 0 Å². The van der Waals surface area contributed by atoms with E-state index in [4.69, 9.17) is 0 Å². The predicted molar refractivity (Wildman–Crippen MR) is 82.7 cm³/mol. The second kappa shape index (κ2) is 7.04. The maximum absolute atomic E-state index is 13.1. The fourth-order valence-corrected chi connectivity index (χ4v) is 2.78. The van der Waals surface area contributed by atoms with Crippen LogP contribution in [-0.2, 0) is 14.9 Å². The molecule has 0 saturated carbocycles. The van der Waals surface area contributed by atoms with E-state index in [-0.39, 0.29) is 16.1 Å². The molecular weight excluding hydrogens is 342 g/mol. The van der Waals surface area contributed by atoms with E-state index < -0.39 is 27.6 Å². The number of nitrogens with zero attached hydrogens (tertiary/aromatic N) is 1. The van der Waals surface area contributed by atoms with Crippen molar-refractivity contribution in [3.8, 4) is 0 Å². The SMILES string of the molecule is CON(C)S(=O)(=O)c1ccc(C(=O)Nc2ccc(F)c(F)c2)cc1. The summed E-state index contributed by atoms with van der Waals surface area (Å²) in [4.78, 5) is 16.6. The van der Waals surface area contributed by atoms with E-state index in [1.807, 2.05) is 0 Å². The molecule has 24 heavy (non-hydrogen) atoms. The molecule has 1 amide bonds. The normalized spacial score (nSPS) is 11.5. The molecule has 2 aromatic rings. The number of anilines is 1. The lowest BCUT2D eigenvalue weighted by molar-refractivity contribution is -0.0258. The van der Waals surface area contributed by atoms with Crippen molar-refractivity contribution in [3.63, 3.8) is 0 Å². The van der Waals surface area contributed by atoms with Gasteiger partial charge in [0.1, 0.15) is 0 Å². The molecule has 0 fully saturated rings. The minimum Gasteiger partial charge on any atom is -0.322 e. The van der Waals surface area contributed by atoms with Gasteiger partial charge in [-0.1, -0.05) is 4.47 Å². The molecule has 0 heterocycles. The van der Waals surface area contributed by atoms with Crippen molar-refractivity contribution in [2.24, 2.45) is 0 Å². The van der Waals surface area contributed by atoms with Crippen LogP contribution >= 0.6 is 0 Å². The van der Waals surface area contributed by atoms with Crippen LogP contribution in [0.15, 0.2) is 47.4 Å². The van der Waals surface area contributed by atoms with Gasteiger partial charge in [-0.2, -0.15) is 0 Å². The Balaban J connectivity index is 2.18. The molecule has 0 radical (unpaired) electrons. The summed E-state index contributed by atoms with van der Waals surface area (Å²) >= 11 is 0. The van der Waals surface area contributed by atoms with E-state index in [9.17, 15) is 22.0 Å². The Bertz CT molecular complexity index is 854. The lowest BCUT2D eigenvalue weighted by Gasteiger charge is -2.14. The number of carbonyl (C=O) groups is 1. The van der Waals surface area contributed by atoms with Crippen LogP contribution in [0, 0.1) is 11.6 Å². The summed E-state index contributed by atoms with van der Waals surface area (Å²) in [7, 11) is -1.37. The standard InChI is InChI=1S/C15H14F2N2O4S/c1-19(23-2)24(21,22)12-6-3-10(4-7-12)15(20)18-11-5-8-13(16)14(17)9-11/h3-9H,1-2H3,(H,18,20). The Labute approximate surface area is 137 Å². The van der Waals surface area contributed by atoms with Crippen molar-refractivity contribution in [1.82, 2.24) is 4.47 Å². The second-order valence-electron chi connectivity index (χ2n) is 4.70. The largest absolute Gasteiger partial charge is 0.322 e. The number of carbonyl (C=O) groups excluding carboxylic acids is 1. The Hall–Kier alpha value is -2.36. The van der Waals surface area contributed by atoms with Gasteiger partial charge in [0.25, 0.3) is 15.9 Å². The molecule has 1 N–H and O–H groups in total. The smallest absolute Gasteiger partial charge is 0.264 e. The number of nitrogens with one attached hydrogen (secondary N) is 1. The number of hydrogen-bond donors (Lipinski definition) is 1. The highest BCUT2D eigenvalue weighted by Gasteiger charge is 2.21. The van der Waals surface area contributed by atoms with Crippen LogP contribution in [0.5, 0.6) is 0 Å². The van der Waals surface area contributed by atoms with E-state index in [0.717, 1.165) is 12.1 Å². The van der Waals surface area contributed by atoms with Gasteiger partial charge in [0, 0.05) is 24.4 Å². The molecule has 128 valence electrons. The number of benzene rings is 2. The summed E-state index contributed by atoms with van der Waals surface area (Å²) in [6.07, 6.45) is 0. The summed E-state index contributed by atoms with van der Waals surface area (Å²) in [6.45, 7) is 0. The van der Waals surface area contributed by atoms with E-state index >= 15 is 0 Å². The molecule has 9 heteroatoms. The second-order valence-corrected chi connectivity index (χ2v) is 6.64. The van der Waals surface area contributed by atoms with Crippen LogP contribution in [0.2, 0.25) is 0 Å². The highest BCUT2D eigenvalue weighted by atomic mass is 32.2. The van der Waals surface area contributed by atoms with Crippen molar-refractivity contribution in [2.45, 2.75) is 4.90 Å². The fraction of sp³-hybridized carbons (Fsp3) is 0.133. The van der Waals surface area contributed by atoms with Gasteiger partial charge in [0.15, 0.2) is 11.6 Å². The lowest BCUT2D eigenvalue weighted by atomic mass is 10.2. The summed E-state index contributed by atoms with van der Waals surface area (Å²) in [6, 6.07) is 8.02. The Morgan fingerprint density at radius 3 is 2.25 bits per heavy atom. The third-order valence-corrected chi connectivity index (χ3v) is 4.88. The van der Waals surface area contributed by atoms with E-state index in [0.29, 0.717) is 4.47 Å². The van der Waals surface area contributed by atoms with Gasteiger partial charge < -0.3 is 5.32 Å². The quantitative estimate of drug-likeness (QED) is 0.835. The first-order valence-corrected chi connectivity index (χ1v) is 8.09. The summed E-state index contributed by atoms with van der Waals surface area (Å²) in [5.41, 5.74) is 0.230. The number of sulfonamides is 1. The molecular formula is C15H14F2N2O4S. The minimum atomic E-state index is -3.81.